The highest BCUT2D eigenvalue weighted by atomic mass is 32.2. The van der Waals surface area contributed by atoms with E-state index in [4.69, 9.17) is 10.9 Å². The Labute approximate surface area is 109 Å². The zero-order valence-electron chi connectivity index (χ0n) is 9.28. The van der Waals surface area contributed by atoms with E-state index >= 15 is 0 Å². The second kappa shape index (κ2) is 4.97. The zero-order chi connectivity index (χ0) is 13.2. The fourth-order valence-electron chi connectivity index (χ4n) is 1.35. The molecule has 0 fully saturated rings. The van der Waals surface area contributed by atoms with Gasteiger partial charge in [0.05, 0.1) is 4.90 Å². The van der Waals surface area contributed by atoms with E-state index in [1.807, 2.05) is 12.1 Å². The van der Waals surface area contributed by atoms with Gasteiger partial charge in [-0.1, -0.05) is 17.8 Å². The first-order valence-electron chi connectivity index (χ1n) is 4.97. The van der Waals surface area contributed by atoms with Crippen molar-refractivity contribution in [3.05, 3.63) is 42.6 Å². The van der Waals surface area contributed by atoms with Crippen LogP contribution in [0.15, 0.2) is 57.4 Å². The second-order valence-corrected chi connectivity index (χ2v) is 6.21. The third kappa shape index (κ3) is 3.22. The number of rotatable bonds is 3. The molecule has 94 valence electrons. The van der Waals surface area contributed by atoms with Crippen molar-refractivity contribution in [3.8, 4) is 0 Å². The molecule has 1 heterocycles. The van der Waals surface area contributed by atoms with Gasteiger partial charge in [0.1, 0.15) is 5.03 Å². The lowest BCUT2D eigenvalue weighted by Gasteiger charge is -2.05. The molecule has 4 N–H and O–H groups in total. The van der Waals surface area contributed by atoms with Crippen molar-refractivity contribution < 1.29 is 8.42 Å². The Kier molecular flexibility index (Phi) is 3.55. The van der Waals surface area contributed by atoms with E-state index in [-0.39, 0.29) is 4.90 Å². The van der Waals surface area contributed by atoms with Crippen molar-refractivity contribution in [2.24, 2.45) is 5.14 Å². The zero-order valence-corrected chi connectivity index (χ0v) is 10.9. The van der Waals surface area contributed by atoms with Crippen molar-refractivity contribution in [1.29, 1.82) is 0 Å². The van der Waals surface area contributed by atoms with Gasteiger partial charge in [-0.05, 0) is 30.3 Å². The molecular formula is C11H11N3O2S2. The Morgan fingerprint density at radius 3 is 2.56 bits per heavy atom. The fraction of sp³-hybridized carbons (Fsp3) is 0. The van der Waals surface area contributed by atoms with Gasteiger partial charge in [-0.15, -0.1) is 0 Å². The van der Waals surface area contributed by atoms with Crippen molar-refractivity contribution >= 4 is 27.5 Å². The third-order valence-electron chi connectivity index (χ3n) is 2.09. The highest BCUT2D eigenvalue weighted by Gasteiger charge is 2.10. The molecule has 0 atom stereocenters. The number of benzene rings is 1. The predicted octanol–water partition coefficient (Wildman–Crippen LogP) is 1.46. The summed E-state index contributed by atoms with van der Waals surface area (Å²) in [6, 6.07) is 9.96. The summed E-state index contributed by atoms with van der Waals surface area (Å²) in [6.45, 7) is 0. The molecule has 0 saturated heterocycles. The van der Waals surface area contributed by atoms with Crippen LogP contribution in [0.3, 0.4) is 0 Å². The summed E-state index contributed by atoms with van der Waals surface area (Å²) in [5.74, 6) is 0. The molecule has 0 unspecified atom stereocenters. The quantitative estimate of drug-likeness (QED) is 0.830. The molecular weight excluding hydrogens is 270 g/mol. The van der Waals surface area contributed by atoms with E-state index in [0.717, 1.165) is 5.03 Å². The van der Waals surface area contributed by atoms with Gasteiger partial charge in [0.15, 0.2) is 0 Å². The minimum atomic E-state index is -3.75. The van der Waals surface area contributed by atoms with Crippen LogP contribution in [0.4, 0.5) is 5.69 Å². The van der Waals surface area contributed by atoms with Crippen molar-refractivity contribution in [3.63, 3.8) is 0 Å². The van der Waals surface area contributed by atoms with E-state index in [1.54, 1.807) is 18.3 Å². The Morgan fingerprint density at radius 2 is 1.94 bits per heavy atom. The second-order valence-electron chi connectivity index (χ2n) is 3.55. The van der Waals surface area contributed by atoms with Gasteiger partial charge >= 0.3 is 0 Å². The Morgan fingerprint density at radius 1 is 1.17 bits per heavy atom. The summed E-state index contributed by atoms with van der Waals surface area (Å²) in [5.41, 5.74) is 6.00. The summed E-state index contributed by atoms with van der Waals surface area (Å²) >= 11 is 1.32. The Bertz CT molecular complexity index is 657. The first-order valence-corrected chi connectivity index (χ1v) is 7.34. The van der Waals surface area contributed by atoms with Gasteiger partial charge < -0.3 is 5.73 Å². The van der Waals surface area contributed by atoms with Gasteiger partial charge in [-0.3, -0.25) is 0 Å². The van der Waals surface area contributed by atoms with E-state index < -0.39 is 10.0 Å². The molecule has 0 saturated carbocycles. The summed E-state index contributed by atoms with van der Waals surface area (Å²) in [4.78, 5) is 4.82. The van der Waals surface area contributed by atoms with Crippen LogP contribution in [0.25, 0.3) is 0 Å². The number of nitrogens with two attached hydrogens (primary N) is 2. The summed E-state index contributed by atoms with van der Waals surface area (Å²) < 4.78 is 22.6. The SMILES string of the molecule is Nc1cc(Sc2ccccn2)cc(S(N)(=O)=O)c1. The molecule has 0 radical (unpaired) electrons. The van der Waals surface area contributed by atoms with Crippen molar-refractivity contribution in [2.45, 2.75) is 14.8 Å². The number of aromatic nitrogens is 1. The largest absolute Gasteiger partial charge is 0.399 e. The topological polar surface area (TPSA) is 99.1 Å². The molecule has 0 aliphatic heterocycles. The van der Waals surface area contributed by atoms with Crippen LogP contribution in [0, 0.1) is 0 Å². The number of nitrogens with zero attached hydrogens (tertiary/aromatic N) is 1. The molecule has 0 bridgehead atoms. The number of anilines is 1. The highest BCUT2D eigenvalue weighted by Crippen LogP contribution is 2.29. The normalized spacial score (nSPS) is 11.4. The molecule has 1 aromatic carbocycles. The van der Waals surface area contributed by atoms with Crippen LogP contribution in [0.2, 0.25) is 0 Å². The molecule has 2 aromatic rings. The molecule has 18 heavy (non-hydrogen) atoms. The summed E-state index contributed by atoms with van der Waals surface area (Å²) in [6.07, 6.45) is 1.66. The van der Waals surface area contributed by atoms with E-state index in [2.05, 4.69) is 4.98 Å². The van der Waals surface area contributed by atoms with Gasteiger partial charge in [-0.25, -0.2) is 18.5 Å². The maximum Gasteiger partial charge on any atom is 0.238 e. The monoisotopic (exact) mass is 281 g/mol. The highest BCUT2D eigenvalue weighted by molar-refractivity contribution is 7.99. The molecule has 2 rings (SSSR count). The van der Waals surface area contributed by atoms with Gasteiger partial charge in [-0.2, -0.15) is 0 Å². The van der Waals surface area contributed by atoms with Crippen LogP contribution >= 0.6 is 11.8 Å². The number of pyridine rings is 1. The molecule has 5 nitrogen and oxygen atoms in total. The van der Waals surface area contributed by atoms with Crippen LogP contribution in [-0.4, -0.2) is 13.4 Å². The average Bonchev–Trinajstić information content (AvgIpc) is 2.28. The van der Waals surface area contributed by atoms with E-state index in [1.165, 1.54) is 23.9 Å². The van der Waals surface area contributed by atoms with Crippen LogP contribution in [0.5, 0.6) is 0 Å². The number of hydrogen-bond acceptors (Lipinski definition) is 5. The first kappa shape index (κ1) is 12.9. The number of sulfonamides is 1. The summed E-state index contributed by atoms with van der Waals surface area (Å²) in [5, 5.41) is 5.83. The molecule has 0 spiro atoms. The van der Waals surface area contributed by atoms with E-state index in [9.17, 15) is 8.42 Å². The van der Waals surface area contributed by atoms with Gasteiger partial charge in [0.2, 0.25) is 10.0 Å². The Balaban J connectivity index is 2.38. The van der Waals surface area contributed by atoms with Crippen LogP contribution < -0.4 is 10.9 Å². The Hall–Kier alpha value is -1.57. The van der Waals surface area contributed by atoms with Gasteiger partial charge in [0, 0.05) is 16.8 Å². The van der Waals surface area contributed by atoms with E-state index in [0.29, 0.717) is 10.6 Å². The third-order valence-corrected chi connectivity index (χ3v) is 3.91. The number of nitrogen functional groups attached to an aromatic ring is 1. The number of primary sulfonamides is 1. The van der Waals surface area contributed by atoms with Crippen LogP contribution in [0.1, 0.15) is 0 Å². The van der Waals surface area contributed by atoms with Crippen molar-refractivity contribution in [1.82, 2.24) is 4.98 Å². The smallest absolute Gasteiger partial charge is 0.238 e. The minimum Gasteiger partial charge on any atom is -0.399 e. The predicted molar refractivity (Wildman–Crippen MR) is 70.6 cm³/mol. The number of hydrogen-bond donors (Lipinski definition) is 2. The van der Waals surface area contributed by atoms with Crippen molar-refractivity contribution in [2.75, 3.05) is 5.73 Å². The lowest BCUT2D eigenvalue weighted by Crippen LogP contribution is -2.12. The lowest BCUT2D eigenvalue weighted by molar-refractivity contribution is 0.597. The van der Waals surface area contributed by atoms with Crippen LogP contribution in [-0.2, 0) is 10.0 Å². The average molecular weight is 281 g/mol. The first-order chi connectivity index (χ1) is 8.45. The molecule has 0 aliphatic rings. The summed E-state index contributed by atoms with van der Waals surface area (Å²) in [7, 11) is -3.75. The molecule has 0 amide bonds. The molecule has 0 aliphatic carbocycles. The van der Waals surface area contributed by atoms with Gasteiger partial charge in [0.25, 0.3) is 0 Å². The maximum absolute atomic E-state index is 11.3. The molecule has 7 heteroatoms. The fourth-order valence-corrected chi connectivity index (χ4v) is 2.89. The molecule has 1 aromatic heterocycles. The maximum atomic E-state index is 11.3. The lowest BCUT2D eigenvalue weighted by atomic mass is 10.3. The minimum absolute atomic E-state index is 0.000862. The standard InChI is InChI=1S/C11H11N3O2S2/c12-8-5-9(7-10(6-8)18(13,15)16)17-11-3-1-2-4-14-11/h1-7H,12H2,(H2,13,15,16).